The standard InChI is InChI=1S/C16H19N5O3/c1-10(21-11(2)18-12-6-4-5-7-13(12)21)16(22)17-8-15-19-14(9-23-3)20-24-15/h4-7,10H,8-9H2,1-3H3,(H,17,22)/t10-/m0/s1. The number of carbonyl (C=O) groups is 1. The van der Waals surface area contributed by atoms with Crippen LogP contribution in [0.4, 0.5) is 0 Å². The minimum atomic E-state index is -0.404. The highest BCUT2D eigenvalue weighted by Crippen LogP contribution is 2.20. The van der Waals surface area contributed by atoms with Crippen LogP contribution in [-0.2, 0) is 22.7 Å². The number of imidazole rings is 1. The monoisotopic (exact) mass is 329 g/mol. The molecule has 3 aromatic rings. The van der Waals surface area contributed by atoms with E-state index in [1.807, 2.05) is 42.7 Å². The van der Waals surface area contributed by atoms with E-state index >= 15 is 0 Å². The number of nitrogens with zero attached hydrogens (tertiary/aromatic N) is 4. The molecule has 1 atom stereocenters. The largest absolute Gasteiger partial charge is 0.377 e. The van der Waals surface area contributed by atoms with Crippen molar-refractivity contribution >= 4 is 16.9 Å². The van der Waals surface area contributed by atoms with E-state index in [1.165, 1.54) is 0 Å². The average molecular weight is 329 g/mol. The number of hydrogen-bond donors (Lipinski definition) is 1. The molecule has 2 aromatic heterocycles. The number of methoxy groups -OCH3 is 1. The Morgan fingerprint density at radius 2 is 2.17 bits per heavy atom. The van der Waals surface area contributed by atoms with Gasteiger partial charge in [-0.1, -0.05) is 17.3 Å². The maximum absolute atomic E-state index is 12.5. The second-order valence-electron chi connectivity index (χ2n) is 5.45. The van der Waals surface area contributed by atoms with Crippen molar-refractivity contribution < 1.29 is 14.1 Å². The lowest BCUT2D eigenvalue weighted by Crippen LogP contribution is -2.31. The van der Waals surface area contributed by atoms with Gasteiger partial charge in [-0.3, -0.25) is 4.79 Å². The number of amides is 1. The number of para-hydroxylation sites is 2. The van der Waals surface area contributed by atoms with Crippen molar-refractivity contribution in [3.05, 3.63) is 41.8 Å². The third-order valence-electron chi connectivity index (χ3n) is 3.74. The second kappa shape index (κ2) is 6.79. The van der Waals surface area contributed by atoms with E-state index in [0.717, 1.165) is 16.9 Å². The van der Waals surface area contributed by atoms with Gasteiger partial charge in [-0.2, -0.15) is 4.98 Å². The predicted octanol–water partition coefficient (Wildman–Crippen LogP) is 1.75. The van der Waals surface area contributed by atoms with Crippen molar-refractivity contribution in [2.45, 2.75) is 33.0 Å². The zero-order valence-corrected chi connectivity index (χ0v) is 13.8. The summed E-state index contributed by atoms with van der Waals surface area (Å²) >= 11 is 0. The fourth-order valence-electron chi connectivity index (χ4n) is 2.63. The molecule has 0 saturated carbocycles. The predicted molar refractivity (Wildman–Crippen MR) is 86.0 cm³/mol. The van der Waals surface area contributed by atoms with Crippen LogP contribution in [0.2, 0.25) is 0 Å². The van der Waals surface area contributed by atoms with E-state index in [1.54, 1.807) is 7.11 Å². The zero-order chi connectivity index (χ0) is 17.1. The lowest BCUT2D eigenvalue weighted by molar-refractivity contribution is -0.124. The summed E-state index contributed by atoms with van der Waals surface area (Å²) in [7, 11) is 1.55. The molecule has 0 saturated heterocycles. The Balaban J connectivity index is 1.70. The van der Waals surface area contributed by atoms with Crippen LogP contribution in [0.3, 0.4) is 0 Å². The van der Waals surface area contributed by atoms with Crippen molar-refractivity contribution in [1.29, 1.82) is 0 Å². The number of rotatable bonds is 6. The molecule has 24 heavy (non-hydrogen) atoms. The summed E-state index contributed by atoms with van der Waals surface area (Å²) in [5.74, 6) is 1.44. The van der Waals surface area contributed by atoms with Crippen LogP contribution in [0, 0.1) is 6.92 Å². The Morgan fingerprint density at radius 3 is 2.96 bits per heavy atom. The smallest absolute Gasteiger partial charge is 0.246 e. The van der Waals surface area contributed by atoms with Crippen molar-refractivity contribution in [1.82, 2.24) is 25.0 Å². The van der Waals surface area contributed by atoms with Gasteiger partial charge >= 0.3 is 0 Å². The summed E-state index contributed by atoms with van der Waals surface area (Å²) in [6.07, 6.45) is 0. The van der Waals surface area contributed by atoms with Crippen LogP contribution in [0.5, 0.6) is 0 Å². The Hall–Kier alpha value is -2.74. The summed E-state index contributed by atoms with van der Waals surface area (Å²) < 4.78 is 11.9. The first-order valence-electron chi connectivity index (χ1n) is 7.62. The first-order chi connectivity index (χ1) is 11.6. The minimum Gasteiger partial charge on any atom is -0.377 e. The van der Waals surface area contributed by atoms with Crippen molar-refractivity contribution in [2.24, 2.45) is 0 Å². The van der Waals surface area contributed by atoms with E-state index in [-0.39, 0.29) is 19.1 Å². The molecule has 3 rings (SSSR count). The molecule has 0 radical (unpaired) electrons. The summed E-state index contributed by atoms with van der Waals surface area (Å²) in [4.78, 5) is 21.1. The van der Waals surface area contributed by atoms with Crippen molar-refractivity contribution in [3.63, 3.8) is 0 Å². The molecule has 0 fully saturated rings. The number of aromatic nitrogens is 4. The molecule has 0 unspecified atom stereocenters. The highest BCUT2D eigenvalue weighted by atomic mass is 16.5. The normalized spacial score (nSPS) is 12.5. The van der Waals surface area contributed by atoms with Crippen molar-refractivity contribution in [2.75, 3.05) is 7.11 Å². The third kappa shape index (κ3) is 3.13. The third-order valence-corrected chi connectivity index (χ3v) is 3.74. The summed E-state index contributed by atoms with van der Waals surface area (Å²) in [6.45, 7) is 4.17. The van der Waals surface area contributed by atoms with Crippen LogP contribution in [0.1, 0.15) is 30.5 Å². The molecule has 1 aromatic carbocycles. The number of aryl methyl sites for hydroxylation is 1. The maximum atomic E-state index is 12.5. The lowest BCUT2D eigenvalue weighted by Gasteiger charge is -2.15. The molecule has 1 amide bonds. The molecule has 0 bridgehead atoms. The number of fused-ring (bicyclic) bond motifs is 1. The van der Waals surface area contributed by atoms with Gasteiger partial charge in [0, 0.05) is 7.11 Å². The summed E-state index contributed by atoms with van der Waals surface area (Å²) in [5, 5.41) is 6.57. The first-order valence-corrected chi connectivity index (χ1v) is 7.62. The van der Waals surface area contributed by atoms with E-state index in [0.29, 0.717) is 11.7 Å². The highest BCUT2D eigenvalue weighted by Gasteiger charge is 2.20. The highest BCUT2D eigenvalue weighted by molar-refractivity contribution is 5.84. The number of nitrogens with one attached hydrogen (secondary N) is 1. The van der Waals surface area contributed by atoms with Gasteiger partial charge in [0.2, 0.25) is 11.8 Å². The van der Waals surface area contributed by atoms with Crippen LogP contribution < -0.4 is 5.32 Å². The van der Waals surface area contributed by atoms with E-state index < -0.39 is 6.04 Å². The molecular weight excluding hydrogens is 310 g/mol. The Bertz CT molecular complexity index is 854. The first kappa shape index (κ1) is 16.1. The minimum absolute atomic E-state index is 0.146. The fourth-order valence-corrected chi connectivity index (χ4v) is 2.63. The van der Waals surface area contributed by atoms with E-state index in [9.17, 15) is 4.79 Å². The van der Waals surface area contributed by atoms with Gasteiger partial charge in [0.25, 0.3) is 0 Å². The van der Waals surface area contributed by atoms with Gasteiger partial charge in [-0.25, -0.2) is 4.98 Å². The van der Waals surface area contributed by atoms with Crippen LogP contribution in [0.15, 0.2) is 28.8 Å². The quantitative estimate of drug-likeness (QED) is 0.740. The van der Waals surface area contributed by atoms with Gasteiger partial charge in [-0.15, -0.1) is 0 Å². The number of ether oxygens (including phenoxy) is 1. The lowest BCUT2D eigenvalue weighted by atomic mass is 10.2. The van der Waals surface area contributed by atoms with Gasteiger partial charge in [0.05, 0.1) is 17.6 Å². The Labute approximate surface area is 138 Å². The SMILES string of the molecule is COCc1noc(CNC(=O)[C@H](C)n2c(C)nc3ccccc32)n1. The fraction of sp³-hybridized carbons (Fsp3) is 0.375. The Kier molecular flexibility index (Phi) is 4.57. The van der Waals surface area contributed by atoms with Crippen LogP contribution in [-0.4, -0.2) is 32.7 Å². The van der Waals surface area contributed by atoms with E-state index in [2.05, 4.69) is 20.4 Å². The molecule has 2 heterocycles. The van der Waals surface area contributed by atoms with Crippen LogP contribution in [0.25, 0.3) is 11.0 Å². The zero-order valence-electron chi connectivity index (χ0n) is 13.8. The molecule has 0 aliphatic heterocycles. The molecular formula is C16H19N5O3. The molecule has 126 valence electrons. The van der Waals surface area contributed by atoms with E-state index in [4.69, 9.17) is 9.26 Å². The average Bonchev–Trinajstić information content (AvgIpc) is 3.15. The van der Waals surface area contributed by atoms with Gasteiger partial charge in [0.15, 0.2) is 5.82 Å². The second-order valence-corrected chi connectivity index (χ2v) is 5.45. The molecule has 0 aliphatic carbocycles. The molecule has 1 N–H and O–H groups in total. The topological polar surface area (TPSA) is 95.1 Å². The van der Waals surface area contributed by atoms with Gasteiger partial charge in [-0.05, 0) is 26.0 Å². The molecule has 0 aliphatic rings. The van der Waals surface area contributed by atoms with Crippen LogP contribution >= 0.6 is 0 Å². The van der Waals surface area contributed by atoms with Gasteiger partial charge in [0.1, 0.15) is 18.5 Å². The molecule has 8 nitrogen and oxygen atoms in total. The number of hydrogen-bond acceptors (Lipinski definition) is 6. The Morgan fingerprint density at radius 1 is 1.38 bits per heavy atom. The van der Waals surface area contributed by atoms with Crippen molar-refractivity contribution in [3.8, 4) is 0 Å². The molecule has 0 spiro atoms. The molecule has 8 heteroatoms. The summed E-state index contributed by atoms with van der Waals surface area (Å²) in [5.41, 5.74) is 1.80. The number of benzene rings is 1. The maximum Gasteiger partial charge on any atom is 0.246 e. The summed E-state index contributed by atoms with van der Waals surface area (Å²) in [6, 6.07) is 7.34. The number of carbonyl (C=O) groups excluding carboxylic acids is 1. The van der Waals surface area contributed by atoms with Gasteiger partial charge < -0.3 is 19.1 Å².